The molecule has 5 heteroatoms. The number of rotatable bonds is 6. The van der Waals surface area contributed by atoms with Gasteiger partial charge in [0.2, 0.25) is 5.91 Å². The van der Waals surface area contributed by atoms with Gasteiger partial charge in [0.15, 0.2) is 0 Å². The molecule has 0 atom stereocenters. The molecule has 0 aliphatic heterocycles. The Hall–Kier alpha value is -1.10. The van der Waals surface area contributed by atoms with Crippen LogP contribution in [0.5, 0.6) is 0 Å². The predicted molar refractivity (Wildman–Crippen MR) is 62.6 cm³/mol. The molecular formula is C12H21NO4. The normalized spacial score (nSPS) is 24.3. The average Bonchev–Trinajstić information content (AvgIpc) is 2.30. The van der Waals surface area contributed by atoms with Crippen molar-refractivity contribution in [2.24, 2.45) is 5.92 Å². The van der Waals surface area contributed by atoms with Gasteiger partial charge in [0, 0.05) is 19.1 Å². The molecule has 0 aromatic rings. The van der Waals surface area contributed by atoms with Gasteiger partial charge in [0.1, 0.15) is 0 Å². The second-order valence-electron chi connectivity index (χ2n) is 4.40. The molecule has 2 N–H and O–H groups in total. The molecule has 1 fully saturated rings. The third kappa shape index (κ3) is 5.17. The van der Waals surface area contributed by atoms with E-state index in [0.29, 0.717) is 32.5 Å². The van der Waals surface area contributed by atoms with E-state index in [0.717, 1.165) is 12.8 Å². The lowest BCUT2D eigenvalue weighted by atomic mass is 9.86. The van der Waals surface area contributed by atoms with E-state index < -0.39 is 5.97 Å². The third-order valence-corrected chi connectivity index (χ3v) is 3.12. The summed E-state index contributed by atoms with van der Waals surface area (Å²) in [6.07, 6.45) is 3.22. The van der Waals surface area contributed by atoms with Gasteiger partial charge in [-0.2, -0.15) is 0 Å². The summed E-state index contributed by atoms with van der Waals surface area (Å²) in [7, 11) is 0. The number of carbonyl (C=O) groups is 2. The first kappa shape index (κ1) is 14.0. The Kier molecular flexibility index (Phi) is 5.97. The molecule has 0 unspecified atom stereocenters. The van der Waals surface area contributed by atoms with Gasteiger partial charge in [-0.3, -0.25) is 9.59 Å². The fraction of sp³-hybridized carbons (Fsp3) is 0.833. The highest BCUT2D eigenvalue weighted by Crippen LogP contribution is 2.24. The second kappa shape index (κ2) is 7.27. The van der Waals surface area contributed by atoms with Gasteiger partial charge in [-0.1, -0.05) is 0 Å². The van der Waals surface area contributed by atoms with E-state index in [1.165, 1.54) is 0 Å². The van der Waals surface area contributed by atoms with Crippen molar-refractivity contribution in [1.29, 1.82) is 0 Å². The van der Waals surface area contributed by atoms with Crippen molar-refractivity contribution in [3.05, 3.63) is 0 Å². The number of ether oxygens (including phenoxy) is 1. The molecule has 0 spiro atoms. The lowest BCUT2D eigenvalue weighted by Crippen LogP contribution is -2.39. The van der Waals surface area contributed by atoms with Crippen LogP contribution >= 0.6 is 0 Å². The summed E-state index contributed by atoms with van der Waals surface area (Å²) in [5.74, 6) is -0.949. The topological polar surface area (TPSA) is 75.6 Å². The highest BCUT2D eigenvalue weighted by Gasteiger charge is 2.26. The van der Waals surface area contributed by atoms with Crippen LogP contribution in [0.25, 0.3) is 0 Å². The zero-order valence-electron chi connectivity index (χ0n) is 10.3. The van der Waals surface area contributed by atoms with E-state index in [4.69, 9.17) is 9.84 Å². The van der Waals surface area contributed by atoms with Gasteiger partial charge in [0.25, 0.3) is 0 Å². The lowest BCUT2D eigenvalue weighted by Gasteiger charge is -2.26. The standard InChI is InChI=1S/C12H21NO4/c1-2-17-8-7-11(14)13-10-5-3-9(4-6-10)12(15)16/h9-10H,2-8H2,1H3,(H,13,14)(H,15,16). The van der Waals surface area contributed by atoms with Crippen molar-refractivity contribution in [1.82, 2.24) is 5.32 Å². The molecule has 5 nitrogen and oxygen atoms in total. The molecule has 1 aliphatic rings. The van der Waals surface area contributed by atoms with E-state index >= 15 is 0 Å². The number of carboxylic acid groups (broad SMARTS) is 1. The summed E-state index contributed by atoms with van der Waals surface area (Å²) in [4.78, 5) is 22.2. The number of hydrogen-bond donors (Lipinski definition) is 2. The maximum atomic E-state index is 11.5. The van der Waals surface area contributed by atoms with Crippen LogP contribution in [0, 0.1) is 5.92 Å². The molecule has 1 aliphatic carbocycles. The number of carboxylic acids is 1. The zero-order valence-corrected chi connectivity index (χ0v) is 10.3. The predicted octanol–water partition coefficient (Wildman–Crippen LogP) is 1.17. The Morgan fingerprint density at radius 3 is 2.47 bits per heavy atom. The van der Waals surface area contributed by atoms with Gasteiger partial charge in [-0.15, -0.1) is 0 Å². The van der Waals surface area contributed by atoms with E-state index in [-0.39, 0.29) is 17.9 Å². The lowest BCUT2D eigenvalue weighted by molar-refractivity contribution is -0.142. The molecule has 98 valence electrons. The largest absolute Gasteiger partial charge is 0.481 e. The van der Waals surface area contributed by atoms with Crippen LogP contribution in [0.3, 0.4) is 0 Å². The molecule has 1 saturated carbocycles. The van der Waals surface area contributed by atoms with Crippen LogP contribution < -0.4 is 5.32 Å². The van der Waals surface area contributed by atoms with Gasteiger partial charge < -0.3 is 15.2 Å². The third-order valence-electron chi connectivity index (χ3n) is 3.12. The minimum absolute atomic E-state index is 0.00257. The first-order valence-electron chi connectivity index (χ1n) is 6.23. The molecule has 0 aromatic carbocycles. The van der Waals surface area contributed by atoms with Gasteiger partial charge in [0.05, 0.1) is 12.5 Å². The SMILES string of the molecule is CCOCCC(=O)NC1CCC(C(=O)O)CC1. The monoisotopic (exact) mass is 243 g/mol. The number of hydrogen-bond acceptors (Lipinski definition) is 3. The fourth-order valence-electron chi connectivity index (χ4n) is 2.09. The molecule has 0 bridgehead atoms. The highest BCUT2D eigenvalue weighted by molar-refractivity contribution is 5.76. The van der Waals surface area contributed by atoms with E-state index in [9.17, 15) is 9.59 Å². The van der Waals surface area contributed by atoms with Crippen molar-refractivity contribution in [3.63, 3.8) is 0 Å². The molecule has 17 heavy (non-hydrogen) atoms. The maximum Gasteiger partial charge on any atom is 0.306 e. The van der Waals surface area contributed by atoms with Gasteiger partial charge >= 0.3 is 5.97 Å². The number of amides is 1. The smallest absolute Gasteiger partial charge is 0.306 e. The van der Waals surface area contributed by atoms with Crippen LogP contribution in [0.2, 0.25) is 0 Å². The van der Waals surface area contributed by atoms with Crippen LogP contribution in [-0.4, -0.2) is 36.2 Å². The van der Waals surface area contributed by atoms with Crippen molar-refractivity contribution in [3.8, 4) is 0 Å². The van der Waals surface area contributed by atoms with E-state index in [2.05, 4.69) is 5.32 Å². The molecule has 1 rings (SSSR count). The van der Waals surface area contributed by atoms with Gasteiger partial charge in [-0.25, -0.2) is 0 Å². The van der Waals surface area contributed by atoms with Crippen molar-refractivity contribution in [2.45, 2.75) is 45.1 Å². The van der Waals surface area contributed by atoms with E-state index in [1.54, 1.807) is 0 Å². The summed E-state index contributed by atoms with van der Waals surface area (Å²) in [6, 6.07) is 0.139. The minimum Gasteiger partial charge on any atom is -0.481 e. The van der Waals surface area contributed by atoms with Crippen LogP contribution in [-0.2, 0) is 14.3 Å². The molecule has 1 amide bonds. The Morgan fingerprint density at radius 1 is 1.29 bits per heavy atom. The van der Waals surface area contributed by atoms with Crippen molar-refractivity contribution >= 4 is 11.9 Å². The second-order valence-corrected chi connectivity index (χ2v) is 4.40. The van der Waals surface area contributed by atoms with Gasteiger partial charge in [-0.05, 0) is 32.6 Å². The number of aliphatic carboxylic acids is 1. The Morgan fingerprint density at radius 2 is 1.94 bits per heavy atom. The molecule has 0 saturated heterocycles. The zero-order chi connectivity index (χ0) is 12.7. The average molecular weight is 243 g/mol. The quantitative estimate of drug-likeness (QED) is 0.687. The van der Waals surface area contributed by atoms with Crippen LogP contribution in [0.1, 0.15) is 39.0 Å². The van der Waals surface area contributed by atoms with Crippen LogP contribution in [0.4, 0.5) is 0 Å². The maximum absolute atomic E-state index is 11.5. The summed E-state index contributed by atoms with van der Waals surface area (Å²) in [5.41, 5.74) is 0. The minimum atomic E-state index is -0.717. The molecule has 0 aromatic heterocycles. The van der Waals surface area contributed by atoms with E-state index in [1.807, 2.05) is 6.92 Å². The summed E-state index contributed by atoms with van der Waals surface area (Å²) < 4.78 is 5.10. The van der Waals surface area contributed by atoms with Crippen LogP contribution in [0.15, 0.2) is 0 Å². The molecule has 0 heterocycles. The first-order valence-corrected chi connectivity index (χ1v) is 6.23. The fourth-order valence-corrected chi connectivity index (χ4v) is 2.09. The molecule has 0 radical (unpaired) electrons. The first-order chi connectivity index (χ1) is 8.13. The highest BCUT2D eigenvalue weighted by atomic mass is 16.5. The molecular weight excluding hydrogens is 222 g/mol. The van der Waals surface area contributed by atoms with Crippen molar-refractivity contribution in [2.75, 3.05) is 13.2 Å². The summed E-state index contributed by atoms with van der Waals surface area (Å²) in [6.45, 7) is 2.97. The summed E-state index contributed by atoms with van der Waals surface area (Å²) in [5, 5.41) is 11.8. The van der Waals surface area contributed by atoms with Crippen molar-refractivity contribution < 1.29 is 19.4 Å². The Bertz CT molecular complexity index is 259. The Balaban J connectivity index is 2.17. The summed E-state index contributed by atoms with van der Waals surface area (Å²) >= 11 is 0. The Labute approximate surface area is 102 Å². The number of carbonyl (C=O) groups excluding carboxylic acids is 1. The number of nitrogens with one attached hydrogen (secondary N) is 1.